The number of nitrogens with zero attached hydrogens (tertiary/aromatic N) is 4. The molecule has 0 aliphatic carbocycles. The van der Waals surface area contributed by atoms with E-state index >= 15 is 0 Å². The van der Waals surface area contributed by atoms with E-state index in [4.69, 9.17) is 5.73 Å². The highest BCUT2D eigenvalue weighted by Crippen LogP contribution is 2.31. The van der Waals surface area contributed by atoms with Crippen molar-refractivity contribution in [1.29, 1.82) is 0 Å². The van der Waals surface area contributed by atoms with E-state index in [1.165, 1.54) is 18.0 Å². The predicted molar refractivity (Wildman–Crippen MR) is 66.4 cm³/mol. The van der Waals surface area contributed by atoms with Gasteiger partial charge in [-0.1, -0.05) is 30.0 Å². The van der Waals surface area contributed by atoms with Gasteiger partial charge in [-0.2, -0.15) is 5.10 Å². The fourth-order valence-corrected chi connectivity index (χ4v) is 2.19. The summed E-state index contributed by atoms with van der Waals surface area (Å²) in [6, 6.07) is 9.69. The molecule has 0 spiro atoms. The maximum absolute atomic E-state index is 6.05. The molecule has 0 aliphatic heterocycles. The maximum atomic E-state index is 6.05. The van der Waals surface area contributed by atoms with Crippen molar-refractivity contribution >= 4 is 17.6 Å². The van der Waals surface area contributed by atoms with Gasteiger partial charge in [0.2, 0.25) is 0 Å². The van der Waals surface area contributed by atoms with Crippen LogP contribution < -0.4 is 5.73 Å². The number of nitrogens with two attached hydrogens (primary N) is 1. The van der Waals surface area contributed by atoms with Crippen LogP contribution in [-0.2, 0) is 0 Å². The zero-order valence-electron chi connectivity index (χ0n) is 9.22. The van der Waals surface area contributed by atoms with Gasteiger partial charge in [-0.25, -0.2) is 4.68 Å². The number of anilines is 1. The van der Waals surface area contributed by atoms with Gasteiger partial charge in [0.25, 0.3) is 0 Å². The molecule has 2 N–H and O–H groups in total. The van der Waals surface area contributed by atoms with Crippen molar-refractivity contribution < 1.29 is 4.52 Å². The van der Waals surface area contributed by atoms with Gasteiger partial charge in [0.15, 0.2) is 11.3 Å². The third-order valence-electron chi connectivity index (χ3n) is 2.33. The first-order valence-electron chi connectivity index (χ1n) is 5.18. The molecule has 3 rings (SSSR count). The molecule has 0 aliphatic rings. The third kappa shape index (κ3) is 1.95. The Morgan fingerprint density at radius 2 is 2.06 bits per heavy atom. The molecule has 0 fully saturated rings. The molecule has 1 aromatic carbocycles. The minimum atomic E-state index is 0.564. The SMILES string of the molecule is Nc1c(Sc2conn2)cnn1-c1ccccc1. The molecule has 6 nitrogen and oxygen atoms in total. The standard InChI is InChI=1S/C11H9N5OS/c12-11-9(18-10-7-17-15-14-10)6-13-16(11)8-4-2-1-3-5-8/h1-7H,12H2. The lowest BCUT2D eigenvalue weighted by Crippen LogP contribution is -2.01. The molecule has 18 heavy (non-hydrogen) atoms. The zero-order valence-corrected chi connectivity index (χ0v) is 10.0. The van der Waals surface area contributed by atoms with Crippen LogP contribution in [-0.4, -0.2) is 20.2 Å². The molecular formula is C11H9N5OS. The normalized spacial score (nSPS) is 10.7. The molecule has 0 unspecified atom stereocenters. The van der Waals surface area contributed by atoms with Crippen LogP contribution in [0, 0.1) is 0 Å². The van der Waals surface area contributed by atoms with Crippen molar-refractivity contribution in [3.8, 4) is 5.69 Å². The van der Waals surface area contributed by atoms with Crippen LogP contribution in [0.3, 0.4) is 0 Å². The summed E-state index contributed by atoms with van der Waals surface area (Å²) in [5.41, 5.74) is 6.97. The predicted octanol–water partition coefficient (Wildman–Crippen LogP) is 1.99. The molecule has 0 amide bonds. The van der Waals surface area contributed by atoms with Crippen LogP contribution in [0.15, 0.2) is 57.2 Å². The Bertz CT molecular complexity index is 635. The fourth-order valence-electron chi connectivity index (χ4n) is 1.51. The number of aromatic nitrogens is 4. The zero-order chi connectivity index (χ0) is 12.4. The van der Waals surface area contributed by atoms with Gasteiger partial charge >= 0.3 is 0 Å². The molecule has 90 valence electrons. The Kier molecular flexibility index (Phi) is 2.73. The number of hydrogen-bond acceptors (Lipinski definition) is 6. The van der Waals surface area contributed by atoms with Gasteiger partial charge in [0, 0.05) is 5.27 Å². The fraction of sp³-hybridized carbons (Fsp3) is 0. The average Bonchev–Trinajstić information content (AvgIpc) is 3.03. The number of benzene rings is 1. The summed E-state index contributed by atoms with van der Waals surface area (Å²) in [7, 11) is 0. The first-order valence-corrected chi connectivity index (χ1v) is 6.00. The molecule has 7 heteroatoms. The topological polar surface area (TPSA) is 82.8 Å². The van der Waals surface area contributed by atoms with Crippen LogP contribution in [0.25, 0.3) is 5.69 Å². The highest BCUT2D eigenvalue weighted by Gasteiger charge is 2.11. The van der Waals surface area contributed by atoms with Crippen LogP contribution in [0.2, 0.25) is 0 Å². The van der Waals surface area contributed by atoms with E-state index in [1.54, 1.807) is 10.9 Å². The summed E-state index contributed by atoms with van der Waals surface area (Å²) < 4.78 is 6.34. The average molecular weight is 259 g/mol. The summed E-state index contributed by atoms with van der Waals surface area (Å²) >= 11 is 1.36. The Morgan fingerprint density at radius 3 is 2.78 bits per heavy atom. The van der Waals surface area contributed by atoms with Gasteiger partial charge in [0.05, 0.1) is 16.8 Å². The van der Waals surface area contributed by atoms with Gasteiger partial charge < -0.3 is 10.3 Å². The molecular weight excluding hydrogens is 250 g/mol. The summed E-state index contributed by atoms with van der Waals surface area (Å²) in [4.78, 5) is 0.814. The molecule has 2 aromatic heterocycles. The molecule has 0 bridgehead atoms. The second-order valence-corrected chi connectivity index (χ2v) is 4.55. The van der Waals surface area contributed by atoms with E-state index in [2.05, 4.69) is 20.0 Å². The summed E-state index contributed by atoms with van der Waals surface area (Å²) in [6.45, 7) is 0. The van der Waals surface area contributed by atoms with E-state index in [9.17, 15) is 0 Å². The van der Waals surface area contributed by atoms with Crippen molar-refractivity contribution in [3.05, 3.63) is 42.8 Å². The number of rotatable bonds is 3. The highest BCUT2D eigenvalue weighted by atomic mass is 32.2. The first kappa shape index (κ1) is 10.8. The third-order valence-corrected chi connectivity index (χ3v) is 3.25. The minimum Gasteiger partial charge on any atom is -0.383 e. The summed E-state index contributed by atoms with van der Waals surface area (Å²) in [6.07, 6.45) is 3.16. The van der Waals surface area contributed by atoms with E-state index in [-0.39, 0.29) is 0 Å². The van der Waals surface area contributed by atoms with E-state index < -0.39 is 0 Å². The van der Waals surface area contributed by atoms with Crippen molar-refractivity contribution in [1.82, 2.24) is 20.2 Å². The highest BCUT2D eigenvalue weighted by molar-refractivity contribution is 7.99. The van der Waals surface area contributed by atoms with Crippen molar-refractivity contribution in [2.45, 2.75) is 9.92 Å². The lowest BCUT2D eigenvalue weighted by molar-refractivity contribution is 0.392. The van der Waals surface area contributed by atoms with Gasteiger partial charge in [0.1, 0.15) is 5.82 Å². The Morgan fingerprint density at radius 1 is 1.22 bits per heavy atom. The lowest BCUT2D eigenvalue weighted by atomic mass is 10.3. The second-order valence-electron chi connectivity index (χ2n) is 3.49. The summed E-state index contributed by atoms with van der Waals surface area (Å²) in [5.74, 6) is 0.564. The van der Waals surface area contributed by atoms with E-state index in [1.807, 2.05) is 30.3 Å². The molecule has 0 saturated heterocycles. The Labute approximate surface area is 107 Å². The number of hydrogen-bond donors (Lipinski definition) is 1. The van der Waals surface area contributed by atoms with Gasteiger partial charge in [-0.15, -0.1) is 5.10 Å². The van der Waals surface area contributed by atoms with Crippen molar-refractivity contribution in [2.24, 2.45) is 0 Å². The maximum Gasteiger partial charge on any atom is 0.165 e. The van der Waals surface area contributed by atoms with Crippen LogP contribution in [0.5, 0.6) is 0 Å². The first-order chi connectivity index (χ1) is 8.84. The molecule has 2 heterocycles. The minimum absolute atomic E-state index is 0.564. The quantitative estimate of drug-likeness (QED) is 0.774. The lowest BCUT2D eigenvalue weighted by Gasteiger charge is -2.03. The Hall–Kier alpha value is -2.28. The second kappa shape index (κ2) is 4.53. The van der Waals surface area contributed by atoms with Gasteiger partial charge in [-0.3, -0.25) is 0 Å². The van der Waals surface area contributed by atoms with Crippen molar-refractivity contribution in [3.63, 3.8) is 0 Å². The molecule has 3 aromatic rings. The van der Waals surface area contributed by atoms with Crippen LogP contribution >= 0.6 is 11.8 Å². The molecule has 0 atom stereocenters. The number of para-hydroxylation sites is 1. The smallest absolute Gasteiger partial charge is 0.165 e. The van der Waals surface area contributed by atoms with Crippen LogP contribution in [0.1, 0.15) is 0 Å². The largest absolute Gasteiger partial charge is 0.383 e. The number of nitrogen functional groups attached to an aromatic ring is 1. The van der Waals surface area contributed by atoms with E-state index in [0.29, 0.717) is 10.8 Å². The Balaban J connectivity index is 1.93. The molecule has 0 radical (unpaired) electrons. The summed E-state index contributed by atoms with van der Waals surface area (Å²) in [5, 5.41) is 12.1. The van der Waals surface area contributed by atoms with Crippen LogP contribution in [0.4, 0.5) is 5.82 Å². The van der Waals surface area contributed by atoms with Crippen molar-refractivity contribution in [2.75, 3.05) is 5.73 Å². The van der Waals surface area contributed by atoms with Gasteiger partial charge in [-0.05, 0) is 12.1 Å². The van der Waals surface area contributed by atoms with E-state index in [0.717, 1.165) is 10.6 Å². The monoisotopic (exact) mass is 259 g/mol. The molecule has 0 saturated carbocycles.